The predicted octanol–water partition coefficient (Wildman–Crippen LogP) is 5.32. The highest BCUT2D eigenvalue weighted by atomic mass is 35.5. The highest BCUT2D eigenvalue weighted by molar-refractivity contribution is 6.31. The van der Waals surface area contributed by atoms with Gasteiger partial charge in [0.2, 0.25) is 0 Å². The van der Waals surface area contributed by atoms with Gasteiger partial charge in [-0.3, -0.25) is 0 Å². The molecule has 1 atom stereocenters. The van der Waals surface area contributed by atoms with Crippen molar-refractivity contribution in [2.45, 2.75) is 25.7 Å². The molecule has 0 aromatic heterocycles. The SMILES string of the molecule is CCCNCC(Cc1ccc(Cl)cc1)c1ccccc1Cl. The first-order chi connectivity index (χ1) is 10.2. The first kappa shape index (κ1) is 16.4. The Morgan fingerprint density at radius 2 is 1.71 bits per heavy atom. The van der Waals surface area contributed by atoms with E-state index in [1.54, 1.807) is 0 Å². The minimum Gasteiger partial charge on any atom is -0.316 e. The molecule has 0 saturated heterocycles. The van der Waals surface area contributed by atoms with Gasteiger partial charge in [0.15, 0.2) is 0 Å². The zero-order valence-corrected chi connectivity index (χ0v) is 13.8. The summed E-state index contributed by atoms with van der Waals surface area (Å²) in [5.74, 6) is 0.367. The molecule has 0 aliphatic heterocycles. The lowest BCUT2D eigenvalue weighted by Gasteiger charge is -2.19. The van der Waals surface area contributed by atoms with E-state index in [0.717, 1.165) is 36.0 Å². The van der Waals surface area contributed by atoms with Gasteiger partial charge in [0, 0.05) is 22.5 Å². The van der Waals surface area contributed by atoms with Crippen LogP contribution >= 0.6 is 23.2 Å². The molecule has 1 nitrogen and oxygen atoms in total. The van der Waals surface area contributed by atoms with Crippen molar-refractivity contribution in [2.24, 2.45) is 0 Å². The third-order valence-electron chi connectivity index (χ3n) is 3.56. The predicted molar refractivity (Wildman–Crippen MR) is 92.5 cm³/mol. The van der Waals surface area contributed by atoms with E-state index < -0.39 is 0 Å². The Morgan fingerprint density at radius 3 is 2.38 bits per heavy atom. The molecule has 1 unspecified atom stereocenters. The van der Waals surface area contributed by atoms with E-state index in [4.69, 9.17) is 23.2 Å². The maximum Gasteiger partial charge on any atom is 0.0441 e. The molecular weight excluding hydrogens is 301 g/mol. The molecule has 1 N–H and O–H groups in total. The maximum absolute atomic E-state index is 6.37. The monoisotopic (exact) mass is 321 g/mol. The van der Waals surface area contributed by atoms with Gasteiger partial charge in [-0.05, 0) is 48.7 Å². The van der Waals surface area contributed by atoms with Crippen LogP contribution in [0.15, 0.2) is 48.5 Å². The van der Waals surface area contributed by atoms with E-state index >= 15 is 0 Å². The van der Waals surface area contributed by atoms with Gasteiger partial charge in [-0.1, -0.05) is 60.5 Å². The number of nitrogens with one attached hydrogen (secondary N) is 1. The van der Waals surface area contributed by atoms with Crippen molar-refractivity contribution in [3.63, 3.8) is 0 Å². The summed E-state index contributed by atoms with van der Waals surface area (Å²) in [6.07, 6.45) is 2.09. The Bertz CT molecular complexity index is 551. The maximum atomic E-state index is 6.37. The van der Waals surface area contributed by atoms with Gasteiger partial charge in [0.05, 0.1) is 0 Å². The lowest BCUT2D eigenvalue weighted by atomic mass is 9.91. The Morgan fingerprint density at radius 1 is 1.00 bits per heavy atom. The van der Waals surface area contributed by atoms with E-state index in [-0.39, 0.29) is 0 Å². The molecule has 0 heterocycles. The summed E-state index contributed by atoms with van der Waals surface area (Å²) < 4.78 is 0. The first-order valence-corrected chi connectivity index (χ1v) is 8.16. The van der Waals surface area contributed by atoms with E-state index in [2.05, 4.69) is 36.5 Å². The van der Waals surface area contributed by atoms with Gasteiger partial charge in [-0.2, -0.15) is 0 Å². The van der Waals surface area contributed by atoms with Crippen LogP contribution in [-0.4, -0.2) is 13.1 Å². The minimum atomic E-state index is 0.367. The van der Waals surface area contributed by atoms with Gasteiger partial charge >= 0.3 is 0 Å². The van der Waals surface area contributed by atoms with Crippen LogP contribution in [0.4, 0.5) is 0 Å². The van der Waals surface area contributed by atoms with Crippen LogP contribution in [0.25, 0.3) is 0 Å². The zero-order valence-electron chi connectivity index (χ0n) is 12.3. The summed E-state index contributed by atoms with van der Waals surface area (Å²) >= 11 is 12.3. The Kier molecular flexibility index (Phi) is 6.56. The Balaban J connectivity index is 2.15. The quantitative estimate of drug-likeness (QED) is 0.680. The van der Waals surface area contributed by atoms with Crippen molar-refractivity contribution < 1.29 is 0 Å². The second kappa shape index (κ2) is 8.43. The fourth-order valence-electron chi connectivity index (χ4n) is 2.46. The average molecular weight is 322 g/mol. The van der Waals surface area contributed by atoms with Crippen LogP contribution < -0.4 is 5.32 Å². The smallest absolute Gasteiger partial charge is 0.0441 e. The number of hydrogen-bond acceptors (Lipinski definition) is 1. The van der Waals surface area contributed by atoms with Crippen LogP contribution in [0.1, 0.15) is 30.4 Å². The van der Waals surface area contributed by atoms with E-state index in [9.17, 15) is 0 Å². The molecule has 0 radical (unpaired) electrons. The molecule has 0 amide bonds. The van der Waals surface area contributed by atoms with Crippen molar-refractivity contribution in [1.29, 1.82) is 0 Å². The molecule has 0 saturated carbocycles. The lowest BCUT2D eigenvalue weighted by molar-refractivity contribution is 0.577. The molecule has 0 aliphatic rings. The molecule has 2 rings (SSSR count). The highest BCUT2D eigenvalue weighted by Gasteiger charge is 2.15. The average Bonchev–Trinajstić information content (AvgIpc) is 2.49. The van der Waals surface area contributed by atoms with Gasteiger partial charge in [-0.25, -0.2) is 0 Å². The molecule has 0 fully saturated rings. The highest BCUT2D eigenvalue weighted by Crippen LogP contribution is 2.27. The normalized spacial score (nSPS) is 12.3. The van der Waals surface area contributed by atoms with Gasteiger partial charge in [-0.15, -0.1) is 0 Å². The molecule has 3 heteroatoms. The van der Waals surface area contributed by atoms with Gasteiger partial charge in [0.1, 0.15) is 0 Å². The molecule has 21 heavy (non-hydrogen) atoms. The van der Waals surface area contributed by atoms with E-state index in [1.807, 2.05) is 24.3 Å². The second-order valence-electron chi connectivity index (χ2n) is 5.25. The van der Waals surface area contributed by atoms with Crippen LogP contribution in [0, 0.1) is 0 Å². The topological polar surface area (TPSA) is 12.0 Å². The summed E-state index contributed by atoms with van der Waals surface area (Å²) in [6, 6.07) is 16.2. The molecule has 2 aromatic carbocycles. The fraction of sp³-hybridized carbons (Fsp3) is 0.333. The third kappa shape index (κ3) is 5.03. The Labute approximate surface area is 137 Å². The summed E-state index contributed by atoms with van der Waals surface area (Å²) in [6.45, 7) is 4.14. The molecular formula is C18H21Cl2N. The van der Waals surface area contributed by atoms with Crippen LogP contribution in [0.5, 0.6) is 0 Å². The van der Waals surface area contributed by atoms with Crippen LogP contribution in [0.3, 0.4) is 0 Å². The molecule has 0 aliphatic carbocycles. The summed E-state index contributed by atoms with van der Waals surface area (Å²) in [5.41, 5.74) is 2.49. The van der Waals surface area contributed by atoms with Crippen LogP contribution in [-0.2, 0) is 6.42 Å². The first-order valence-electron chi connectivity index (χ1n) is 7.40. The summed E-state index contributed by atoms with van der Waals surface area (Å²) in [4.78, 5) is 0. The van der Waals surface area contributed by atoms with E-state index in [1.165, 1.54) is 11.1 Å². The molecule has 2 aromatic rings. The molecule has 112 valence electrons. The number of halogens is 2. The van der Waals surface area contributed by atoms with E-state index in [0.29, 0.717) is 5.92 Å². The minimum absolute atomic E-state index is 0.367. The number of benzene rings is 2. The fourth-order valence-corrected chi connectivity index (χ4v) is 2.87. The zero-order chi connectivity index (χ0) is 15.1. The molecule has 0 spiro atoms. The van der Waals surface area contributed by atoms with Crippen molar-refractivity contribution in [2.75, 3.05) is 13.1 Å². The van der Waals surface area contributed by atoms with Crippen molar-refractivity contribution in [1.82, 2.24) is 5.32 Å². The molecule has 0 bridgehead atoms. The summed E-state index contributed by atoms with van der Waals surface area (Å²) in [5, 5.41) is 5.13. The van der Waals surface area contributed by atoms with Gasteiger partial charge < -0.3 is 5.32 Å². The number of hydrogen-bond donors (Lipinski definition) is 1. The second-order valence-corrected chi connectivity index (χ2v) is 6.10. The lowest BCUT2D eigenvalue weighted by Crippen LogP contribution is -2.24. The largest absolute Gasteiger partial charge is 0.316 e. The van der Waals surface area contributed by atoms with Gasteiger partial charge in [0.25, 0.3) is 0 Å². The summed E-state index contributed by atoms with van der Waals surface area (Å²) in [7, 11) is 0. The van der Waals surface area contributed by atoms with Crippen molar-refractivity contribution >= 4 is 23.2 Å². The Hall–Kier alpha value is -1.02. The van der Waals surface area contributed by atoms with Crippen molar-refractivity contribution in [3.05, 3.63) is 69.7 Å². The van der Waals surface area contributed by atoms with Crippen LogP contribution in [0.2, 0.25) is 10.0 Å². The number of rotatable bonds is 7. The third-order valence-corrected chi connectivity index (χ3v) is 4.15. The standard InChI is InChI=1S/C18H21Cl2N/c1-2-11-21-13-15(17-5-3-4-6-18(17)20)12-14-7-9-16(19)10-8-14/h3-10,15,21H,2,11-13H2,1H3. The van der Waals surface area contributed by atoms with Crippen molar-refractivity contribution in [3.8, 4) is 0 Å².